The van der Waals surface area contributed by atoms with Crippen molar-refractivity contribution in [3.63, 3.8) is 0 Å². The van der Waals surface area contributed by atoms with Gasteiger partial charge in [-0.25, -0.2) is 14.8 Å². The summed E-state index contributed by atoms with van der Waals surface area (Å²) in [6.45, 7) is 11.0. The zero-order valence-electron chi connectivity index (χ0n) is 16.1. The Labute approximate surface area is 154 Å². The van der Waals surface area contributed by atoms with Crippen LogP contribution < -0.4 is 10.5 Å². The van der Waals surface area contributed by atoms with Crippen molar-refractivity contribution in [1.29, 1.82) is 0 Å². The molecule has 1 aromatic heterocycles. The van der Waals surface area contributed by atoms with E-state index in [2.05, 4.69) is 30.7 Å². The summed E-state index contributed by atoms with van der Waals surface area (Å²) < 4.78 is 10.8. The Kier molecular flexibility index (Phi) is 6.18. The molecule has 0 bridgehead atoms. The lowest BCUT2D eigenvalue weighted by Crippen LogP contribution is -2.13. The van der Waals surface area contributed by atoms with Crippen molar-refractivity contribution >= 4 is 11.8 Å². The summed E-state index contributed by atoms with van der Waals surface area (Å²) in [6, 6.07) is 7.52. The minimum atomic E-state index is -0.503. The molecule has 0 amide bonds. The van der Waals surface area contributed by atoms with Gasteiger partial charge in [0, 0.05) is 5.56 Å². The second kappa shape index (κ2) is 8.17. The lowest BCUT2D eigenvalue weighted by atomic mass is 9.93. The molecule has 0 aliphatic carbocycles. The van der Waals surface area contributed by atoms with Crippen molar-refractivity contribution in [3.8, 4) is 17.1 Å². The molecule has 0 saturated heterocycles. The highest BCUT2D eigenvalue weighted by Gasteiger charge is 2.18. The third-order valence-corrected chi connectivity index (χ3v) is 3.83. The number of nitrogen functional groups attached to an aromatic ring is 1. The van der Waals surface area contributed by atoms with E-state index < -0.39 is 5.97 Å². The molecule has 1 heterocycles. The smallest absolute Gasteiger partial charge is 0.343 e. The number of hydrogen-bond acceptors (Lipinski definition) is 6. The van der Waals surface area contributed by atoms with E-state index in [4.69, 9.17) is 15.2 Å². The van der Waals surface area contributed by atoms with Crippen LogP contribution in [0.15, 0.2) is 24.3 Å². The molecule has 0 saturated carbocycles. The van der Waals surface area contributed by atoms with Crippen LogP contribution in [0.3, 0.4) is 0 Å². The summed E-state index contributed by atoms with van der Waals surface area (Å²) in [5.41, 5.74) is 7.71. The number of benzene rings is 1. The molecule has 0 atom stereocenters. The largest absolute Gasteiger partial charge is 0.494 e. The molecule has 140 valence electrons. The van der Waals surface area contributed by atoms with E-state index in [1.165, 1.54) is 0 Å². The summed E-state index contributed by atoms with van der Waals surface area (Å²) in [7, 11) is 0. The first-order chi connectivity index (χ1) is 12.2. The summed E-state index contributed by atoms with van der Waals surface area (Å²) in [5.74, 6) is 0.883. The summed E-state index contributed by atoms with van der Waals surface area (Å²) in [6.07, 6.45) is 0.975. The number of nitrogens with two attached hydrogens (primary N) is 1. The number of hydrogen-bond donors (Lipinski definition) is 1. The molecular formula is C20H27N3O3. The van der Waals surface area contributed by atoms with Gasteiger partial charge >= 0.3 is 5.97 Å². The normalized spacial score (nSPS) is 11.3. The van der Waals surface area contributed by atoms with Crippen LogP contribution in [0.5, 0.6) is 5.75 Å². The molecule has 0 unspecified atom stereocenters. The maximum atomic E-state index is 12.0. The highest BCUT2D eigenvalue weighted by Crippen LogP contribution is 2.24. The minimum Gasteiger partial charge on any atom is -0.494 e. The standard InChI is InChI=1S/C20H27N3O3/c1-6-25-19(24)16-13(2)22-18(23-17(16)21)14-7-9-15(10-8-14)26-12-11-20(3,4)5/h7-10H,6,11-12H2,1-5H3,(H2,21,22,23). The van der Waals surface area contributed by atoms with Crippen molar-refractivity contribution in [1.82, 2.24) is 9.97 Å². The summed E-state index contributed by atoms with van der Waals surface area (Å²) >= 11 is 0. The SMILES string of the molecule is CCOC(=O)c1c(C)nc(-c2ccc(OCCC(C)(C)C)cc2)nc1N. The lowest BCUT2D eigenvalue weighted by Gasteiger charge is -2.18. The van der Waals surface area contributed by atoms with E-state index in [0.717, 1.165) is 17.7 Å². The van der Waals surface area contributed by atoms with Gasteiger partial charge in [0.05, 0.1) is 18.9 Å². The van der Waals surface area contributed by atoms with Crippen LogP contribution in [0, 0.1) is 12.3 Å². The molecule has 2 N–H and O–H groups in total. The molecule has 6 nitrogen and oxygen atoms in total. The minimum absolute atomic E-state index is 0.122. The number of aromatic nitrogens is 2. The van der Waals surface area contributed by atoms with Crippen LogP contribution >= 0.6 is 0 Å². The monoisotopic (exact) mass is 357 g/mol. The molecule has 0 radical (unpaired) electrons. The third-order valence-electron chi connectivity index (χ3n) is 3.83. The van der Waals surface area contributed by atoms with E-state index in [-0.39, 0.29) is 23.4 Å². The third kappa shape index (κ3) is 5.18. The first kappa shape index (κ1) is 19.7. The van der Waals surface area contributed by atoms with E-state index in [0.29, 0.717) is 18.1 Å². The van der Waals surface area contributed by atoms with Crippen LogP contribution in [-0.2, 0) is 4.74 Å². The Morgan fingerprint density at radius 3 is 2.35 bits per heavy atom. The highest BCUT2D eigenvalue weighted by molar-refractivity contribution is 5.95. The maximum Gasteiger partial charge on any atom is 0.343 e. The van der Waals surface area contributed by atoms with Gasteiger partial charge in [0.2, 0.25) is 0 Å². The Bertz CT molecular complexity index is 742. The molecule has 6 heteroatoms. The molecule has 0 aliphatic rings. The first-order valence-electron chi connectivity index (χ1n) is 8.75. The van der Waals surface area contributed by atoms with Gasteiger partial charge in [-0.3, -0.25) is 0 Å². The molecule has 1 aromatic carbocycles. The lowest BCUT2D eigenvalue weighted by molar-refractivity contribution is 0.0526. The van der Waals surface area contributed by atoms with E-state index in [1.54, 1.807) is 13.8 Å². The summed E-state index contributed by atoms with van der Waals surface area (Å²) in [4.78, 5) is 20.6. The Hall–Kier alpha value is -2.63. The van der Waals surface area contributed by atoms with Crippen molar-refractivity contribution in [2.24, 2.45) is 5.41 Å². The molecule has 2 rings (SSSR count). The Morgan fingerprint density at radius 1 is 1.15 bits per heavy atom. The van der Waals surface area contributed by atoms with Crippen molar-refractivity contribution < 1.29 is 14.3 Å². The fourth-order valence-corrected chi connectivity index (χ4v) is 2.36. The van der Waals surface area contributed by atoms with E-state index >= 15 is 0 Å². The predicted molar refractivity (Wildman–Crippen MR) is 102 cm³/mol. The number of ether oxygens (including phenoxy) is 2. The second-order valence-electron chi connectivity index (χ2n) is 7.30. The molecule has 0 aliphatic heterocycles. The van der Waals surface area contributed by atoms with E-state index in [1.807, 2.05) is 24.3 Å². The molecule has 2 aromatic rings. The van der Waals surface area contributed by atoms with Gasteiger partial charge < -0.3 is 15.2 Å². The predicted octanol–water partition coefficient (Wildman–Crippen LogP) is 4.03. The number of carbonyl (C=O) groups excluding carboxylic acids is 1. The number of esters is 1. The maximum absolute atomic E-state index is 12.0. The topological polar surface area (TPSA) is 87.3 Å². The van der Waals surface area contributed by atoms with Gasteiger partial charge in [0.25, 0.3) is 0 Å². The van der Waals surface area contributed by atoms with Gasteiger partial charge in [-0.1, -0.05) is 20.8 Å². The zero-order valence-corrected chi connectivity index (χ0v) is 16.1. The highest BCUT2D eigenvalue weighted by atomic mass is 16.5. The van der Waals surface area contributed by atoms with Crippen molar-refractivity contribution in [3.05, 3.63) is 35.5 Å². The average Bonchev–Trinajstić information content (AvgIpc) is 2.54. The van der Waals surface area contributed by atoms with Crippen LogP contribution in [0.1, 0.15) is 50.2 Å². The van der Waals surface area contributed by atoms with Crippen LogP contribution in [0.4, 0.5) is 5.82 Å². The summed E-state index contributed by atoms with van der Waals surface area (Å²) in [5, 5.41) is 0. The fourth-order valence-electron chi connectivity index (χ4n) is 2.36. The van der Waals surface area contributed by atoms with Crippen LogP contribution in [0.25, 0.3) is 11.4 Å². The average molecular weight is 357 g/mol. The number of aryl methyl sites for hydroxylation is 1. The van der Waals surface area contributed by atoms with Gasteiger partial charge in [0.15, 0.2) is 5.82 Å². The Balaban J connectivity index is 2.15. The first-order valence-corrected chi connectivity index (χ1v) is 8.75. The van der Waals surface area contributed by atoms with Gasteiger partial charge in [-0.2, -0.15) is 0 Å². The number of nitrogens with zero attached hydrogens (tertiary/aromatic N) is 2. The van der Waals surface area contributed by atoms with Gasteiger partial charge in [-0.15, -0.1) is 0 Å². The molecular weight excluding hydrogens is 330 g/mol. The number of rotatable bonds is 6. The van der Waals surface area contributed by atoms with Gasteiger partial charge in [0.1, 0.15) is 17.1 Å². The zero-order chi connectivity index (χ0) is 19.3. The van der Waals surface area contributed by atoms with Crippen LogP contribution in [-0.4, -0.2) is 29.2 Å². The van der Waals surface area contributed by atoms with Crippen LogP contribution in [0.2, 0.25) is 0 Å². The molecule has 0 fully saturated rings. The molecule has 0 spiro atoms. The number of anilines is 1. The van der Waals surface area contributed by atoms with Crippen molar-refractivity contribution in [2.45, 2.75) is 41.0 Å². The Morgan fingerprint density at radius 2 is 1.81 bits per heavy atom. The van der Waals surface area contributed by atoms with Crippen molar-refractivity contribution in [2.75, 3.05) is 18.9 Å². The fraction of sp³-hybridized carbons (Fsp3) is 0.450. The van der Waals surface area contributed by atoms with E-state index in [9.17, 15) is 4.79 Å². The van der Waals surface area contributed by atoms with Gasteiger partial charge in [-0.05, 0) is 49.9 Å². The second-order valence-corrected chi connectivity index (χ2v) is 7.30. The quantitative estimate of drug-likeness (QED) is 0.786. The number of carbonyl (C=O) groups is 1. The molecule has 26 heavy (non-hydrogen) atoms.